The van der Waals surface area contributed by atoms with E-state index in [1.165, 1.54) is 12.1 Å². The Hall–Kier alpha value is -3.13. The summed E-state index contributed by atoms with van der Waals surface area (Å²) in [5.41, 5.74) is 0.943. The molecule has 0 fully saturated rings. The highest BCUT2D eigenvalue weighted by molar-refractivity contribution is 5.67. The van der Waals surface area contributed by atoms with Gasteiger partial charge in [-0.1, -0.05) is 36.4 Å². The Labute approximate surface area is 153 Å². The Morgan fingerprint density at radius 2 is 1.70 bits per heavy atom. The summed E-state index contributed by atoms with van der Waals surface area (Å²) < 4.78 is 38.7. The monoisotopic (exact) mass is 374 g/mol. The lowest BCUT2D eigenvalue weighted by molar-refractivity contribution is -0.137. The van der Waals surface area contributed by atoms with E-state index >= 15 is 0 Å². The van der Waals surface area contributed by atoms with Crippen LogP contribution in [0.1, 0.15) is 5.56 Å². The molecule has 2 aromatic carbocycles. The molecule has 8 heteroatoms. The van der Waals surface area contributed by atoms with Gasteiger partial charge in [-0.25, -0.2) is 4.98 Å². The summed E-state index contributed by atoms with van der Waals surface area (Å²) in [5, 5.41) is 14.7. The molecule has 3 rings (SSSR count). The molecule has 140 valence electrons. The molecular formula is C19H17F3N4O. The van der Waals surface area contributed by atoms with Crippen LogP contribution < -0.4 is 10.6 Å². The molecule has 1 heterocycles. The number of alkyl halides is 3. The number of halogens is 3. The Morgan fingerprint density at radius 3 is 2.41 bits per heavy atom. The quantitative estimate of drug-likeness (QED) is 0.600. The molecule has 0 aliphatic heterocycles. The topological polar surface area (TPSA) is 70.1 Å². The molecule has 0 atom stereocenters. The highest BCUT2D eigenvalue weighted by atomic mass is 19.4. The predicted octanol–water partition coefficient (Wildman–Crippen LogP) is 4.31. The maximum Gasteiger partial charge on any atom is 0.416 e. The molecule has 0 saturated heterocycles. The zero-order valence-electron chi connectivity index (χ0n) is 14.2. The molecule has 1 aromatic heterocycles. The molecule has 0 unspecified atom stereocenters. The Bertz CT molecular complexity index is 901. The lowest BCUT2D eigenvalue weighted by Crippen LogP contribution is -2.10. The molecule has 3 N–H and O–H groups in total. The van der Waals surface area contributed by atoms with Crippen LogP contribution in [-0.2, 0) is 6.18 Å². The molecule has 0 bridgehead atoms. The van der Waals surface area contributed by atoms with Crippen LogP contribution in [0.15, 0.2) is 60.7 Å². The van der Waals surface area contributed by atoms with Gasteiger partial charge in [-0.05, 0) is 18.2 Å². The first-order valence-corrected chi connectivity index (χ1v) is 8.19. The Balaban J connectivity index is 1.94. The normalized spacial score (nSPS) is 11.3. The fourth-order valence-corrected chi connectivity index (χ4v) is 2.44. The van der Waals surface area contributed by atoms with Crippen LogP contribution in [0.4, 0.5) is 30.6 Å². The van der Waals surface area contributed by atoms with Crippen LogP contribution in [0.3, 0.4) is 0 Å². The maximum absolute atomic E-state index is 12.9. The van der Waals surface area contributed by atoms with Gasteiger partial charge in [0.25, 0.3) is 0 Å². The van der Waals surface area contributed by atoms with Gasteiger partial charge in [-0.3, -0.25) is 0 Å². The Kier molecular flexibility index (Phi) is 5.56. The molecule has 0 radical (unpaired) electrons. The van der Waals surface area contributed by atoms with E-state index in [4.69, 9.17) is 5.11 Å². The van der Waals surface area contributed by atoms with Crippen molar-refractivity contribution in [3.8, 4) is 11.3 Å². The van der Waals surface area contributed by atoms with Crippen LogP contribution in [0, 0.1) is 0 Å². The van der Waals surface area contributed by atoms with Crippen LogP contribution in [0.5, 0.6) is 0 Å². The summed E-state index contributed by atoms with van der Waals surface area (Å²) in [7, 11) is 0. The molecule has 0 aliphatic carbocycles. The van der Waals surface area contributed by atoms with Crippen molar-refractivity contribution in [1.29, 1.82) is 0 Å². The van der Waals surface area contributed by atoms with Gasteiger partial charge in [0.05, 0.1) is 17.9 Å². The number of anilines is 3. The van der Waals surface area contributed by atoms with E-state index in [9.17, 15) is 13.2 Å². The van der Waals surface area contributed by atoms with Gasteiger partial charge >= 0.3 is 6.18 Å². The summed E-state index contributed by atoms with van der Waals surface area (Å²) >= 11 is 0. The Morgan fingerprint density at radius 1 is 0.926 bits per heavy atom. The zero-order valence-corrected chi connectivity index (χ0v) is 14.2. The highest BCUT2D eigenvalue weighted by Gasteiger charge is 2.30. The maximum atomic E-state index is 12.9. The standard InChI is InChI=1S/C19H17F3N4O/c20-19(21,22)14-7-4-8-15(11-14)24-17-12-16(13-5-2-1-3-6-13)25-18(26-17)23-9-10-27/h1-8,11-12,27H,9-10H2,(H2,23,24,25,26). The lowest BCUT2D eigenvalue weighted by atomic mass is 10.1. The number of rotatable bonds is 6. The number of nitrogens with zero attached hydrogens (tertiary/aromatic N) is 2. The number of aliphatic hydroxyl groups excluding tert-OH is 1. The number of hydrogen-bond donors (Lipinski definition) is 3. The van der Waals surface area contributed by atoms with Gasteiger partial charge in [0, 0.05) is 23.9 Å². The van der Waals surface area contributed by atoms with Crippen molar-refractivity contribution in [3.63, 3.8) is 0 Å². The summed E-state index contributed by atoms with van der Waals surface area (Å²) in [5.74, 6) is 0.600. The molecule has 0 amide bonds. The fourth-order valence-electron chi connectivity index (χ4n) is 2.44. The molecule has 3 aromatic rings. The minimum absolute atomic E-state index is 0.102. The molecule has 0 saturated carbocycles. The molecule has 0 aliphatic rings. The molecular weight excluding hydrogens is 357 g/mol. The number of aromatic nitrogens is 2. The summed E-state index contributed by atoms with van der Waals surface area (Å²) in [4.78, 5) is 8.64. The summed E-state index contributed by atoms with van der Waals surface area (Å²) in [6, 6.07) is 15.9. The fraction of sp³-hybridized carbons (Fsp3) is 0.158. The average molecular weight is 374 g/mol. The second kappa shape index (κ2) is 8.05. The van der Waals surface area contributed by atoms with E-state index in [0.717, 1.165) is 17.7 Å². The third kappa shape index (κ3) is 4.95. The van der Waals surface area contributed by atoms with Crippen molar-refractivity contribution in [3.05, 3.63) is 66.2 Å². The first kappa shape index (κ1) is 18.7. The second-order valence-corrected chi connectivity index (χ2v) is 5.68. The number of nitrogens with one attached hydrogen (secondary N) is 2. The van der Waals surface area contributed by atoms with Crippen molar-refractivity contribution in [2.45, 2.75) is 6.18 Å². The van der Waals surface area contributed by atoms with Crippen molar-refractivity contribution >= 4 is 17.5 Å². The van der Waals surface area contributed by atoms with Gasteiger partial charge in [0.2, 0.25) is 5.95 Å². The molecule has 0 spiro atoms. The van der Waals surface area contributed by atoms with E-state index in [1.54, 1.807) is 6.07 Å². The van der Waals surface area contributed by atoms with Crippen LogP contribution in [0.2, 0.25) is 0 Å². The molecule has 5 nitrogen and oxygen atoms in total. The highest BCUT2D eigenvalue weighted by Crippen LogP contribution is 2.31. The SMILES string of the molecule is OCCNc1nc(Nc2cccc(C(F)(F)F)c2)cc(-c2ccccc2)n1. The van der Waals surface area contributed by atoms with Crippen molar-refractivity contribution in [2.24, 2.45) is 0 Å². The number of aliphatic hydroxyl groups is 1. The summed E-state index contributed by atoms with van der Waals surface area (Å²) in [6.07, 6.45) is -4.42. The predicted molar refractivity (Wildman–Crippen MR) is 97.8 cm³/mol. The first-order chi connectivity index (χ1) is 13.0. The van der Waals surface area contributed by atoms with Crippen LogP contribution in [0.25, 0.3) is 11.3 Å². The smallest absolute Gasteiger partial charge is 0.395 e. The third-order valence-corrected chi connectivity index (χ3v) is 3.65. The minimum Gasteiger partial charge on any atom is -0.395 e. The van der Waals surface area contributed by atoms with E-state index in [-0.39, 0.29) is 24.8 Å². The van der Waals surface area contributed by atoms with Crippen molar-refractivity contribution in [1.82, 2.24) is 9.97 Å². The number of benzene rings is 2. The van der Waals surface area contributed by atoms with E-state index < -0.39 is 11.7 Å². The third-order valence-electron chi connectivity index (χ3n) is 3.65. The van der Waals surface area contributed by atoms with Gasteiger partial charge in [0.1, 0.15) is 5.82 Å². The van der Waals surface area contributed by atoms with Gasteiger partial charge in [0.15, 0.2) is 0 Å². The van der Waals surface area contributed by atoms with Crippen molar-refractivity contribution < 1.29 is 18.3 Å². The lowest BCUT2D eigenvalue weighted by Gasteiger charge is -2.13. The van der Waals surface area contributed by atoms with E-state index in [0.29, 0.717) is 11.5 Å². The minimum atomic E-state index is -4.42. The largest absolute Gasteiger partial charge is 0.416 e. The van der Waals surface area contributed by atoms with E-state index in [2.05, 4.69) is 20.6 Å². The van der Waals surface area contributed by atoms with Gasteiger partial charge in [-0.2, -0.15) is 18.2 Å². The van der Waals surface area contributed by atoms with Gasteiger partial charge < -0.3 is 15.7 Å². The molecule has 27 heavy (non-hydrogen) atoms. The van der Waals surface area contributed by atoms with Crippen molar-refractivity contribution in [2.75, 3.05) is 23.8 Å². The second-order valence-electron chi connectivity index (χ2n) is 5.68. The zero-order chi connectivity index (χ0) is 19.3. The van der Waals surface area contributed by atoms with E-state index in [1.807, 2.05) is 30.3 Å². The first-order valence-electron chi connectivity index (χ1n) is 8.19. The average Bonchev–Trinajstić information content (AvgIpc) is 2.66. The number of hydrogen-bond acceptors (Lipinski definition) is 5. The van der Waals surface area contributed by atoms with Crippen LogP contribution >= 0.6 is 0 Å². The van der Waals surface area contributed by atoms with Gasteiger partial charge in [-0.15, -0.1) is 0 Å². The summed E-state index contributed by atoms with van der Waals surface area (Å²) in [6.45, 7) is 0.149. The van der Waals surface area contributed by atoms with Crippen LogP contribution in [-0.4, -0.2) is 28.2 Å².